The van der Waals surface area contributed by atoms with Crippen molar-refractivity contribution in [2.45, 2.75) is 19.4 Å². The number of carbonyl (C=O) groups excluding carboxylic acids is 1. The molecule has 5 heteroatoms. The van der Waals surface area contributed by atoms with Gasteiger partial charge in [-0.1, -0.05) is 5.92 Å². The second-order valence-electron chi connectivity index (χ2n) is 3.45. The van der Waals surface area contributed by atoms with Crippen LogP contribution in [-0.4, -0.2) is 41.1 Å². The van der Waals surface area contributed by atoms with Crippen LogP contribution in [0.4, 0.5) is 4.79 Å². The molecule has 14 heavy (non-hydrogen) atoms. The van der Waals surface area contributed by atoms with Gasteiger partial charge in [0.05, 0.1) is 5.54 Å². The highest BCUT2D eigenvalue weighted by atomic mass is 16.4. The number of urea groups is 1. The van der Waals surface area contributed by atoms with Crippen molar-refractivity contribution >= 4 is 12.0 Å². The summed E-state index contributed by atoms with van der Waals surface area (Å²) in [6.07, 6.45) is 5.16. The highest BCUT2D eigenvalue weighted by molar-refractivity contribution is 5.80. The largest absolute Gasteiger partial charge is 0.480 e. The fraction of sp³-hybridized carbons (Fsp3) is 0.556. The highest BCUT2D eigenvalue weighted by Gasteiger charge is 2.20. The van der Waals surface area contributed by atoms with Crippen molar-refractivity contribution in [3.05, 3.63) is 0 Å². The normalized spacial score (nSPS) is 10.1. The van der Waals surface area contributed by atoms with Crippen LogP contribution in [0.2, 0.25) is 0 Å². The minimum absolute atomic E-state index is 0.355. The quantitative estimate of drug-likeness (QED) is 0.633. The zero-order valence-corrected chi connectivity index (χ0v) is 8.50. The molecule has 0 fully saturated rings. The second kappa shape index (κ2) is 4.51. The Morgan fingerprint density at radius 1 is 1.57 bits per heavy atom. The molecule has 2 amide bonds. The first kappa shape index (κ1) is 12.3. The van der Waals surface area contributed by atoms with Crippen LogP contribution in [0, 0.1) is 12.3 Å². The maximum atomic E-state index is 11.3. The lowest BCUT2D eigenvalue weighted by Gasteiger charge is -2.23. The molecule has 5 nitrogen and oxygen atoms in total. The number of nitrogens with zero attached hydrogens (tertiary/aromatic N) is 1. The molecule has 0 aromatic rings. The number of terminal acetylenes is 1. The van der Waals surface area contributed by atoms with Gasteiger partial charge in [-0.3, -0.25) is 4.79 Å². The first-order chi connectivity index (χ1) is 6.28. The van der Waals surface area contributed by atoms with E-state index in [1.54, 1.807) is 13.8 Å². The van der Waals surface area contributed by atoms with Gasteiger partial charge in [0.25, 0.3) is 0 Å². The summed E-state index contributed by atoms with van der Waals surface area (Å²) in [4.78, 5) is 22.6. The minimum Gasteiger partial charge on any atom is -0.480 e. The average Bonchev–Trinajstić information content (AvgIpc) is 2.02. The van der Waals surface area contributed by atoms with Gasteiger partial charge in [-0.2, -0.15) is 0 Å². The molecule has 0 aliphatic carbocycles. The lowest BCUT2D eigenvalue weighted by molar-refractivity contribution is -0.137. The van der Waals surface area contributed by atoms with Crippen LogP contribution in [0.3, 0.4) is 0 Å². The molecule has 0 bridgehead atoms. The number of carboxylic acids is 1. The van der Waals surface area contributed by atoms with Crippen molar-refractivity contribution in [3.8, 4) is 12.3 Å². The third-order valence-electron chi connectivity index (χ3n) is 1.50. The SMILES string of the molecule is C#CC(C)(C)NC(=O)N(C)CC(=O)O. The summed E-state index contributed by atoms with van der Waals surface area (Å²) >= 11 is 0. The zero-order chi connectivity index (χ0) is 11.4. The third-order valence-corrected chi connectivity index (χ3v) is 1.50. The molecular weight excluding hydrogens is 184 g/mol. The van der Waals surface area contributed by atoms with E-state index in [1.807, 2.05) is 0 Å². The fourth-order valence-corrected chi connectivity index (χ4v) is 0.674. The van der Waals surface area contributed by atoms with E-state index in [2.05, 4.69) is 11.2 Å². The molecule has 0 aromatic heterocycles. The van der Waals surface area contributed by atoms with Gasteiger partial charge in [-0.15, -0.1) is 6.42 Å². The summed E-state index contributed by atoms with van der Waals surface area (Å²) in [5.41, 5.74) is -0.774. The molecule has 0 aliphatic rings. The number of nitrogens with one attached hydrogen (secondary N) is 1. The lowest BCUT2D eigenvalue weighted by Crippen LogP contribution is -2.49. The van der Waals surface area contributed by atoms with Crippen LogP contribution in [0.1, 0.15) is 13.8 Å². The smallest absolute Gasteiger partial charge is 0.323 e. The Morgan fingerprint density at radius 2 is 2.07 bits per heavy atom. The Balaban J connectivity index is 4.23. The zero-order valence-electron chi connectivity index (χ0n) is 8.50. The molecule has 2 N–H and O–H groups in total. The van der Waals surface area contributed by atoms with E-state index in [9.17, 15) is 9.59 Å². The monoisotopic (exact) mass is 198 g/mol. The van der Waals surface area contributed by atoms with Crippen LogP contribution in [0.25, 0.3) is 0 Å². The molecule has 0 saturated carbocycles. The number of amides is 2. The van der Waals surface area contributed by atoms with Crippen LogP contribution >= 0.6 is 0 Å². The molecule has 0 heterocycles. The van der Waals surface area contributed by atoms with Gasteiger partial charge in [0, 0.05) is 7.05 Å². The van der Waals surface area contributed by atoms with Crippen LogP contribution in [0.15, 0.2) is 0 Å². The van der Waals surface area contributed by atoms with Crippen molar-refractivity contribution in [1.82, 2.24) is 10.2 Å². The lowest BCUT2D eigenvalue weighted by atomic mass is 10.1. The van der Waals surface area contributed by atoms with E-state index < -0.39 is 17.5 Å². The molecule has 0 spiro atoms. The van der Waals surface area contributed by atoms with Crippen LogP contribution in [0.5, 0.6) is 0 Å². The average molecular weight is 198 g/mol. The number of hydrogen-bond acceptors (Lipinski definition) is 2. The second-order valence-corrected chi connectivity index (χ2v) is 3.45. The van der Waals surface area contributed by atoms with E-state index >= 15 is 0 Å². The molecular formula is C9H14N2O3. The first-order valence-electron chi connectivity index (χ1n) is 4.01. The van der Waals surface area contributed by atoms with Gasteiger partial charge < -0.3 is 15.3 Å². The minimum atomic E-state index is -1.07. The molecule has 0 rings (SSSR count). The number of carboxylic acid groups (broad SMARTS) is 1. The maximum Gasteiger partial charge on any atom is 0.323 e. The van der Waals surface area contributed by atoms with Crippen LogP contribution in [-0.2, 0) is 4.79 Å². The van der Waals surface area contributed by atoms with E-state index in [4.69, 9.17) is 11.5 Å². The molecule has 0 atom stereocenters. The Morgan fingerprint density at radius 3 is 2.43 bits per heavy atom. The van der Waals surface area contributed by atoms with E-state index in [0.29, 0.717) is 0 Å². The van der Waals surface area contributed by atoms with Gasteiger partial charge in [-0.25, -0.2) is 4.79 Å². The summed E-state index contributed by atoms with van der Waals surface area (Å²) in [5, 5.41) is 10.9. The number of carbonyl (C=O) groups is 2. The van der Waals surface area contributed by atoms with Crippen molar-refractivity contribution in [3.63, 3.8) is 0 Å². The molecule has 0 aliphatic heterocycles. The number of likely N-dealkylation sites (N-methyl/N-ethyl adjacent to an activating group) is 1. The number of rotatable bonds is 3. The summed E-state index contributed by atoms with van der Waals surface area (Å²) in [7, 11) is 1.38. The fourth-order valence-electron chi connectivity index (χ4n) is 0.674. The Labute approximate surface area is 83.1 Å². The van der Waals surface area contributed by atoms with Gasteiger partial charge in [0.15, 0.2) is 0 Å². The van der Waals surface area contributed by atoms with E-state index in [1.165, 1.54) is 7.05 Å². The molecule has 0 aromatic carbocycles. The summed E-state index contributed by atoms with van der Waals surface area (Å²) in [6.45, 7) is 2.95. The third kappa shape index (κ3) is 4.36. The molecule has 0 saturated heterocycles. The number of hydrogen-bond donors (Lipinski definition) is 2. The van der Waals surface area contributed by atoms with Crippen molar-refractivity contribution in [2.75, 3.05) is 13.6 Å². The van der Waals surface area contributed by atoms with Gasteiger partial charge in [-0.05, 0) is 13.8 Å². The Bertz CT molecular complexity index is 278. The first-order valence-corrected chi connectivity index (χ1v) is 4.01. The van der Waals surface area contributed by atoms with Crippen LogP contribution < -0.4 is 5.32 Å². The Hall–Kier alpha value is -1.70. The van der Waals surface area contributed by atoms with Crippen molar-refractivity contribution in [1.29, 1.82) is 0 Å². The van der Waals surface area contributed by atoms with Gasteiger partial charge >= 0.3 is 12.0 Å². The predicted molar refractivity (Wildman–Crippen MR) is 51.7 cm³/mol. The van der Waals surface area contributed by atoms with E-state index in [0.717, 1.165) is 4.90 Å². The predicted octanol–water partition coefficient (Wildman–Crippen LogP) is 0.124. The standard InChI is InChI=1S/C9H14N2O3/c1-5-9(2,3)10-8(14)11(4)6-7(12)13/h1H,6H2,2-4H3,(H,10,14)(H,12,13). The molecule has 78 valence electrons. The topological polar surface area (TPSA) is 69.6 Å². The molecule has 0 radical (unpaired) electrons. The summed E-state index contributed by atoms with van der Waals surface area (Å²) in [6, 6.07) is -0.504. The maximum absolute atomic E-state index is 11.3. The van der Waals surface area contributed by atoms with Gasteiger partial charge in [0.2, 0.25) is 0 Å². The highest BCUT2D eigenvalue weighted by Crippen LogP contribution is 1.99. The number of aliphatic carboxylic acids is 1. The summed E-state index contributed by atoms with van der Waals surface area (Å²) < 4.78 is 0. The van der Waals surface area contributed by atoms with Crippen molar-refractivity contribution < 1.29 is 14.7 Å². The Kier molecular flexibility index (Phi) is 3.96. The van der Waals surface area contributed by atoms with Gasteiger partial charge in [0.1, 0.15) is 6.54 Å². The van der Waals surface area contributed by atoms with Crippen molar-refractivity contribution in [2.24, 2.45) is 0 Å². The van der Waals surface area contributed by atoms with E-state index in [-0.39, 0.29) is 6.54 Å². The molecule has 0 unspecified atom stereocenters. The summed E-state index contributed by atoms with van der Waals surface area (Å²) in [5.74, 6) is 1.31.